The fourth-order valence-corrected chi connectivity index (χ4v) is 2.66. The van der Waals surface area contributed by atoms with Crippen LogP contribution >= 0.6 is 38.9 Å². The molecule has 0 unspecified atom stereocenters. The molecule has 0 N–H and O–H groups in total. The second-order valence-corrected chi connectivity index (χ2v) is 5.69. The predicted octanol–water partition coefficient (Wildman–Crippen LogP) is 5.03. The van der Waals surface area contributed by atoms with Crippen molar-refractivity contribution >= 4 is 44.7 Å². The van der Waals surface area contributed by atoms with E-state index in [0.717, 1.165) is 19.8 Å². The van der Waals surface area contributed by atoms with E-state index < -0.39 is 0 Å². The van der Waals surface area contributed by atoms with E-state index in [1.165, 1.54) is 11.3 Å². The number of halogens is 2. The van der Waals surface area contributed by atoms with Crippen molar-refractivity contribution < 1.29 is 4.79 Å². The third-order valence-electron chi connectivity index (χ3n) is 2.16. The molecule has 0 fully saturated rings. The number of carbonyl (C=O) groups is 1. The molecule has 0 atom stereocenters. The highest BCUT2D eigenvalue weighted by Crippen LogP contribution is 2.32. The molecule has 1 aromatic heterocycles. The van der Waals surface area contributed by atoms with Gasteiger partial charge in [0, 0.05) is 9.35 Å². The van der Waals surface area contributed by atoms with E-state index >= 15 is 0 Å². The Bertz CT molecular complexity index is 548. The van der Waals surface area contributed by atoms with E-state index in [1.807, 2.05) is 30.3 Å². The zero-order valence-corrected chi connectivity index (χ0v) is 11.6. The molecule has 4 heteroatoms. The molecule has 0 aliphatic heterocycles. The molecule has 0 saturated carbocycles. The van der Waals surface area contributed by atoms with E-state index in [0.29, 0.717) is 5.02 Å². The lowest BCUT2D eigenvalue weighted by Crippen LogP contribution is -1.83. The Labute approximate surface area is 111 Å². The average molecular weight is 316 g/mol. The maximum Gasteiger partial charge on any atom is 0.169 e. The van der Waals surface area contributed by atoms with Gasteiger partial charge in [-0.1, -0.05) is 17.7 Å². The summed E-state index contributed by atoms with van der Waals surface area (Å²) in [6.07, 6.45) is 0. The van der Waals surface area contributed by atoms with Gasteiger partial charge in [0.1, 0.15) is 0 Å². The van der Waals surface area contributed by atoms with E-state index in [4.69, 9.17) is 11.6 Å². The zero-order chi connectivity index (χ0) is 11.7. The number of benzene rings is 1. The van der Waals surface area contributed by atoms with Crippen molar-refractivity contribution in [2.24, 2.45) is 0 Å². The van der Waals surface area contributed by atoms with Crippen LogP contribution in [0.2, 0.25) is 5.02 Å². The summed E-state index contributed by atoms with van der Waals surface area (Å²) >= 11 is 10.9. The second-order valence-electron chi connectivity index (χ2n) is 3.35. The van der Waals surface area contributed by atoms with Crippen molar-refractivity contribution in [1.82, 2.24) is 0 Å². The SMILES string of the molecule is CC(=O)c1ccc(-c2ccc(Br)c(Cl)c2)s1. The van der Waals surface area contributed by atoms with Gasteiger partial charge in [0.2, 0.25) is 0 Å². The predicted molar refractivity (Wildman–Crippen MR) is 72.5 cm³/mol. The van der Waals surface area contributed by atoms with Crippen molar-refractivity contribution in [2.75, 3.05) is 0 Å². The third-order valence-corrected chi connectivity index (χ3v) is 4.62. The number of hydrogen-bond donors (Lipinski definition) is 0. The van der Waals surface area contributed by atoms with Crippen LogP contribution in [0.3, 0.4) is 0 Å². The molecular weight excluding hydrogens is 308 g/mol. The summed E-state index contributed by atoms with van der Waals surface area (Å²) in [7, 11) is 0. The van der Waals surface area contributed by atoms with Crippen molar-refractivity contribution in [3.8, 4) is 10.4 Å². The topological polar surface area (TPSA) is 17.1 Å². The fraction of sp³-hybridized carbons (Fsp3) is 0.0833. The summed E-state index contributed by atoms with van der Waals surface area (Å²) in [5.41, 5.74) is 1.03. The Kier molecular flexibility index (Phi) is 3.47. The highest BCUT2D eigenvalue weighted by atomic mass is 79.9. The van der Waals surface area contributed by atoms with E-state index in [1.54, 1.807) is 6.92 Å². The van der Waals surface area contributed by atoms with Gasteiger partial charge < -0.3 is 0 Å². The van der Waals surface area contributed by atoms with Gasteiger partial charge in [-0.15, -0.1) is 11.3 Å². The molecule has 1 aromatic carbocycles. The first kappa shape index (κ1) is 11.8. The maximum absolute atomic E-state index is 11.2. The van der Waals surface area contributed by atoms with Crippen LogP contribution in [0.5, 0.6) is 0 Å². The normalized spacial score (nSPS) is 10.4. The lowest BCUT2D eigenvalue weighted by atomic mass is 10.2. The third kappa shape index (κ3) is 2.37. The van der Waals surface area contributed by atoms with Gasteiger partial charge in [-0.05, 0) is 52.7 Å². The van der Waals surface area contributed by atoms with E-state index in [9.17, 15) is 4.79 Å². The standard InChI is InChI=1S/C12H8BrClOS/c1-7(15)11-4-5-12(16-11)8-2-3-9(13)10(14)6-8/h2-6H,1H3. The van der Waals surface area contributed by atoms with Crippen LogP contribution in [0, 0.1) is 0 Å². The lowest BCUT2D eigenvalue weighted by molar-refractivity contribution is 0.102. The lowest BCUT2D eigenvalue weighted by Gasteiger charge is -2.00. The molecule has 0 radical (unpaired) electrons. The number of hydrogen-bond acceptors (Lipinski definition) is 2. The molecule has 0 aliphatic carbocycles. The van der Waals surface area contributed by atoms with Crippen molar-refractivity contribution in [3.63, 3.8) is 0 Å². The molecule has 0 bridgehead atoms. The van der Waals surface area contributed by atoms with Gasteiger partial charge in [0.25, 0.3) is 0 Å². The van der Waals surface area contributed by atoms with Crippen LogP contribution < -0.4 is 0 Å². The minimum Gasteiger partial charge on any atom is -0.294 e. The van der Waals surface area contributed by atoms with Gasteiger partial charge in [0.15, 0.2) is 5.78 Å². The molecule has 1 nitrogen and oxygen atoms in total. The molecular formula is C12H8BrClOS. The molecule has 1 heterocycles. The number of thiophene rings is 1. The zero-order valence-electron chi connectivity index (χ0n) is 8.46. The first-order valence-corrected chi connectivity index (χ1v) is 6.63. The highest BCUT2D eigenvalue weighted by molar-refractivity contribution is 9.10. The van der Waals surface area contributed by atoms with Crippen molar-refractivity contribution in [3.05, 3.63) is 44.7 Å². The summed E-state index contributed by atoms with van der Waals surface area (Å²) in [5.74, 6) is 0.0967. The van der Waals surface area contributed by atoms with Crippen LogP contribution in [0.1, 0.15) is 16.6 Å². The summed E-state index contributed by atoms with van der Waals surface area (Å²) < 4.78 is 0.876. The van der Waals surface area contributed by atoms with Gasteiger partial charge in [-0.2, -0.15) is 0 Å². The van der Waals surface area contributed by atoms with E-state index in [-0.39, 0.29) is 5.78 Å². The summed E-state index contributed by atoms with van der Waals surface area (Å²) in [4.78, 5) is 13.0. The molecule has 0 spiro atoms. The summed E-state index contributed by atoms with van der Waals surface area (Å²) in [6.45, 7) is 1.57. The van der Waals surface area contributed by atoms with Crippen molar-refractivity contribution in [2.45, 2.75) is 6.92 Å². The minimum absolute atomic E-state index is 0.0967. The number of ketones is 1. The van der Waals surface area contributed by atoms with Crippen LogP contribution in [-0.4, -0.2) is 5.78 Å². The largest absolute Gasteiger partial charge is 0.294 e. The Balaban J connectivity index is 2.42. The van der Waals surface area contributed by atoms with Gasteiger partial charge in [-0.25, -0.2) is 0 Å². The Morgan fingerprint density at radius 1 is 1.31 bits per heavy atom. The Hall–Kier alpha value is -0.640. The molecule has 2 rings (SSSR count). The fourth-order valence-electron chi connectivity index (χ4n) is 1.33. The van der Waals surface area contributed by atoms with Gasteiger partial charge >= 0.3 is 0 Å². The molecule has 82 valence electrons. The molecule has 16 heavy (non-hydrogen) atoms. The van der Waals surface area contributed by atoms with Crippen LogP contribution in [-0.2, 0) is 0 Å². The summed E-state index contributed by atoms with van der Waals surface area (Å²) in [6, 6.07) is 9.57. The first-order chi connectivity index (χ1) is 7.58. The molecule has 0 amide bonds. The number of carbonyl (C=O) groups excluding carboxylic acids is 1. The quantitative estimate of drug-likeness (QED) is 0.710. The van der Waals surface area contributed by atoms with Crippen LogP contribution in [0.25, 0.3) is 10.4 Å². The second kappa shape index (κ2) is 4.70. The van der Waals surface area contributed by atoms with Gasteiger partial charge in [0.05, 0.1) is 9.90 Å². The van der Waals surface area contributed by atoms with E-state index in [2.05, 4.69) is 15.9 Å². The summed E-state index contributed by atoms with van der Waals surface area (Å²) in [5, 5.41) is 0.676. The van der Waals surface area contributed by atoms with Crippen molar-refractivity contribution in [1.29, 1.82) is 0 Å². The average Bonchev–Trinajstić information content (AvgIpc) is 2.71. The Morgan fingerprint density at radius 3 is 2.62 bits per heavy atom. The maximum atomic E-state index is 11.2. The monoisotopic (exact) mass is 314 g/mol. The number of Topliss-reactive ketones (excluding diaryl/α,β-unsaturated/α-hetero) is 1. The molecule has 0 saturated heterocycles. The smallest absolute Gasteiger partial charge is 0.169 e. The molecule has 0 aliphatic rings. The first-order valence-electron chi connectivity index (χ1n) is 4.64. The Morgan fingerprint density at radius 2 is 2.06 bits per heavy atom. The minimum atomic E-state index is 0.0967. The van der Waals surface area contributed by atoms with Gasteiger partial charge in [-0.3, -0.25) is 4.79 Å². The van der Waals surface area contributed by atoms with Crippen LogP contribution in [0.15, 0.2) is 34.8 Å². The highest BCUT2D eigenvalue weighted by Gasteiger charge is 2.07. The molecule has 2 aromatic rings. The van der Waals surface area contributed by atoms with Crippen LogP contribution in [0.4, 0.5) is 0 Å². The number of rotatable bonds is 2.